The summed E-state index contributed by atoms with van der Waals surface area (Å²) in [5.74, 6) is 1.04. The molecule has 0 aliphatic carbocycles. The Morgan fingerprint density at radius 2 is 1.81 bits per heavy atom. The molecule has 3 rings (SSSR count). The first kappa shape index (κ1) is 17.9. The molecule has 0 unspecified atom stereocenters. The summed E-state index contributed by atoms with van der Waals surface area (Å²) in [5.41, 5.74) is 6.47. The first-order chi connectivity index (χ1) is 13.0. The molecule has 7 heteroatoms. The fraction of sp³-hybridized carbons (Fsp3) is 0.100. The van der Waals surface area contributed by atoms with Gasteiger partial charge in [-0.3, -0.25) is 4.57 Å². The average molecular weight is 362 g/mol. The zero-order chi connectivity index (χ0) is 19.6. The number of H-pyrrole nitrogens is 1. The van der Waals surface area contributed by atoms with E-state index in [1.54, 1.807) is 43.5 Å². The number of hydrogen-bond acceptors (Lipinski definition) is 5. The Morgan fingerprint density at radius 1 is 1.19 bits per heavy atom. The van der Waals surface area contributed by atoms with Crippen molar-refractivity contribution >= 4 is 12.8 Å². The van der Waals surface area contributed by atoms with E-state index in [1.165, 1.54) is 17.9 Å². The van der Waals surface area contributed by atoms with Gasteiger partial charge in [0.1, 0.15) is 0 Å². The van der Waals surface area contributed by atoms with E-state index in [-0.39, 0.29) is 5.69 Å². The molecule has 0 spiro atoms. The standard InChI is InChI=1S/C20H18N4O3/c1-12-8-17(26-2)18(27-3)9-15(12)19-16(11-22)23-20(25)24(19)14-6-4-13(10-21)5-7-14/h4-9,11H,1,22H2,2-3H3,(H,23,25)/b16-11+,19-15+. The van der Waals surface area contributed by atoms with Crippen molar-refractivity contribution in [3.05, 3.63) is 73.6 Å². The summed E-state index contributed by atoms with van der Waals surface area (Å²) in [4.78, 5) is 15.4. The lowest BCUT2D eigenvalue weighted by Crippen LogP contribution is -2.16. The fourth-order valence-electron chi connectivity index (χ4n) is 2.91. The number of nitrogens with one attached hydrogen (secondary N) is 1. The molecule has 0 saturated carbocycles. The van der Waals surface area contributed by atoms with Crippen molar-refractivity contribution in [3.8, 4) is 23.3 Å². The maximum absolute atomic E-state index is 12.6. The maximum atomic E-state index is 12.6. The predicted molar refractivity (Wildman–Crippen MR) is 102 cm³/mol. The van der Waals surface area contributed by atoms with Crippen LogP contribution in [0.2, 0.25) is 0 Å². The van der Waals surface area contributed by atoms with E-state index >= 15 is 0 Å². The number of benzene rings is 2. The van der Waals surface area contributed by atoms with Crippen molar-refractivity contribution < 1.29 is 9.47 Å². The molecule has 0 saturated heterocycles. The Morgan fingerprint density at radius 3 is 2.37 bits per heavy atom. The molecule has 0 amide bonds. The molecule has 27 heavy (non-hydrogen) atoms. The highest BCUT2D eigenvalue weighted by molar-refractivity contribution is 5.44. The Hall–Kier alpha value is -3.92. The van der Waals surface area contributed by atoms with Gasteiger partial charge in [0.25, 0.3) is 0 Å². The first-order valence-electron chi connectivity index (χ1n) is 8.02. The smallest absolute Gasteiger partial charge is 0.331 e. The molecule has 0 radical (unpaired) electrons. The van der Waals surface area contributed by atoms with E-state index < -0.39 is 0 Å². The average Bonchev–Trinajstić information content (AvgIpc) is 3.03. The second-order valence-electron chi connectivity index (χ2n) is 5.72. The van der Waals surface area contributed by atoms with E-state index in [1.807, 2.05) is 0 Å². The third-order valence-corrected chi connectivity index (χ3v) is 4.21. The number of aromatic amines is 1. The molecular weight excluding hydrogens is 344 g/mol. The van der Waals surface area contributed by atoms with Crippen LogP contribution in [0.1, 0.15) is 5.56 Å². The van der Waals surface area contributed by atoms with Gasteiger partial charge in [-0.25, -0.2) is 4.79 Å². The SMILES string of the molecule is C=c1cc(OC)c(OC)c/c1=c1/c(=C\N)[nH]c(=O)n1-c1ccc(C#N)cc1. The lowest BCUT2D eigenvalue weighted by Gasteiger charge is -2.08. The molecule has 0 fully saturated rings. The van der Waals surface area contributed by atoms with Crippen LogP contribution in [-0.2, 0) is 0 Å². The number of nitrogens with two attached hydrogens (primary N) is 1. The molecule has 3 N–H and O–H groups in total. The Bertz CT molecular complexity index is 1300. The topological polar surface area (TPSA) is 106 Å². The number of nitrogens with zero attached hydrogens (tertiary/aromatic N) is 2. The molecule has 0 aliphatic heterocycles. The number of hydrogen-bond donors (Lipinski definition) is 2. The molecule has 1 heterocycles. The van der Waals surface area contributed by atoms with Crippen LogP contribution in [-0.4, -0.2) is 23.8 Å². The molecule has 7 nitrogen and oxygen atoms in total. The van der Waals surface area contributed by atoms with Crippen LogP contribution in [0.15, 0.2) is 41.2 Å². The van der Waals surface area contributed by atoms with Gasteiger partial charge in [0.15, 0.2) is 11.5 Å². The van der Waals surface area contributed by atoms with Crippen molar-refractivity contribution in [1.82, 2.24) is 9.55 Å². The van der Waals surface area contributed by atoms with Crippen molar-refractivity contribution in [2.75, 3.05) is 14.2 Å². The van der Waals surface area contributed by atoms with Gasteiger partial charge in [-0.2, -0.15) is 5.26 Å². The van der Waals surface area contributed by atoms with Gasteiger partial charge in [0, 0.05) is 11.4 Å². The maximum Gasteiger partial charge on any atom is 0.331 e. The molecule has 1 aromatic heterocycles. The Balaban J connectivity index is 2.55. The van der Waals surface area contributed by atoms with Gasteiger partial charge >= 0.3 is 5.69 Å². The largest absolute Gasteiger partial charge is 0.493 e. The summed E-state index contributed by atoms with van der Waals surface area (Å²) < 4.78 is 12.2. The number of methoxy groups -OCH3 is 2. The number of imidazole rings is 1. The molecule has 2 aromatic carbocycles. The van der Waals surface area contributed by atoms with Gasteiger partial charge in [-0.1, -0.05) is 6.58 Å². The normalized spacial score (nSPS) is 12.6. The lowest BCUT2D eigenvalue weighted by atomic mass is 10.2. The zero-order valence-corrected chi connectivity index (χ0v) is 14.9. The molecule has 136 valence electrons. The summed E-state index contributed by atoms with van der Waals surface area (Å²) in [7, 11) is 3.07. The van der Waals surface area contributed by atoms with Crippen molar-refractivity contribution in [2.45, 2.75) is 0 Å². The highest BCUT2D eigenvalue weighted by atomic mass is 16.5. The Labute approximate surface area is 154 Å². The third-order valence-electron chi connectivity index (χ3n) is 4.21. The highest BCUT2D eigenvalue weighted by Gasteiger charge is 2.10. The van der Waals surface area contributed by atoms with Gasteiger partial charge in [0.05, 0.1) is 42.2 Å². The zero-order valence-electron chi connectivity index (χ0n) is 14.9. The van der Waals surface area contributed by atoms with Crippen LogP contribution in [0.5, 0.6) is 11.5 Å². The minimum absolute atomic E-state index is 0.361. The van der Waals surface area contributed by atoms with Crippen molar-refractivity contribution in [2.24, 2.45) is 5.73 Å². The number of ether oxygens (including phenoxy) is 2. The number of rotatable bonds is 3. The fourth-order valence-corrected chi connectivity index (χ4v) is 2.91. The van der Waals surface area contributed by atoms with E-state index in [4.69, 9.17) is 20.5 Å². The molecule has 0 atom stereocenters. The quantitative estimate of drug-likeness (QED) is 0.704. The minimum atomic E-state index is -0.361. The monoisotopic (exact) mass is 362 g/mol. The molecular formula is C20H18N4O3. The van der Waals surface area contributed by atoms with Crippen molar-refractivity contribution in [3.63, 3.8) is 0 Å². The van der Waals surface area contributed by atoms with Gasteiger partial charge < -0.3 is 20.2 Å². The van der Waals surface area contributed by atoms with E-state index in [2.05, 4.69) is 17.6 Å². The summed E-state index contributed by atoms with van der Waals surface area (Å²) >= 11 is 0. The van der Waals surface area contributed by atoms with Gasteiger partial charge in [-0.15, -0.1) is 0 Å². The second kappa shape index (κ2) is 7.14. The molecule has 0 aliphatic rings. The van der Waals surface area contributed by atoms with Crippen LogP contribution in [0, 0.1) is 21.9 Å². The second-order valence-corrected chi connectivity index (χ2v) is 5.72. The van der Waals surface area contributed by atoms with Crippen LogP contribution < -0.4 is 31.5 Å². The Kier molecular flexibility index (Phi) is 4.73. The van der Waals surface area contributed by atoms with Crippen molar-refractivity contribution in [1.29, 1.82) is 5.26 Å². The highest BCUT2D eigenvalue weighted by Crippen LogP contribution is 2.24. The first-order valence-corrected chi connectivity index (χ1v) is 8.02. The van der Waals surface area contributed by atoms with Gasteiger partial charge in [0.2, 0.25) is 0 Å². The van der Waals surface area contributed by atoms with Gasteiger partial charge in [-0.05, 0) is 41.6 Å². The minimum Gasteiger partial charge on any atom is -0.493 e. The van der Waals surface area contributed by atoms with Crippen LogP contribution in [0.25, 0.3) is 18.5 Å². The molecule has 3 aromatic rings. The van der Waals surface area contributed by atoms with Crippen LogP contribution in [0.4, 0.5) is 0 Å². The summed E-state index contributed by atoms with van der Waals surface area (Å²) in [6.07, 6.45) is 1.33. The number of nitriles is 1. The summed E-state index contributed by atoms with van der Waals surface area (Å²) in [5, 5.41) is 11.3. The van der Waals surface area contributed by atoms with E-state index in [0.29, 0.717) is 43.9 Å². The summed E-state index contributed by atoms with van der Waals surface area (Å²) in [6, 6.07) is 12.2. The van der Waals surface area contributed by atoms with Crippen LogP contribution in [0.3, 0.4) is 0 Å². The van der Waals surface area contributed by atoms with E-state index in [0.717, 1.165) is 0 Å². The third kappa shape index (κ3) is 3.04. The predicted octanol–water partition coefficient (Wildman–Crippen LogP) is 0.448. The van der Waals surface area contributed by atoms with E-state index in [9.17, 15) is 4.79 Å². The van der Waals surface area contributed by atoms with Crippen LogP contribution >= 0.6 is 0 Å². The summed E-state index contributed by atoms with van der Waals surface area (Å²) in [6.45, 7) is 4.07. The number of aromatic nitrogens is 2. The lowest BCUT2D eigenvalue weighted by molar-refractivity contribution is 0.354. The molecule has 0 bridgehead atoms.